The summed E-state index contributed by atoms with van der Waals surface area (Å²) in [6, 6.07) is 8.44. The smallest absolute Gasteiger partial charge is 0.0608 e. The second-order valence-corrected chi connectivity index (χ2v) is 11.3. The number of hydrogen-bond acceptors (Lipinski definition) is 3. The zero-order valence-electron chi connectivity index (χ0n) is 19.9. The van der Waals surface area contributed by atoms with Gasteiger partial charge in [0.25, 0.3) is 0 Å². The van der Waals surface area contributed by atoms with Crippen LogP contribution in [0.2, 0.25) is 0 Å². The van der Waals surface area contributed by atoms with Gasteiger partial charge in [0.05, 0.1) is 12.2 Å². The molecule has 8 atom stereocenters. The molecule has 0 saturated heterocycles. The van der Waals surface area contributed by atoms with Crippen LogP contribution in [0.4, 0.5) is 0 Å². The molecule has 3 aliphatic carbocycles. The Morgan fingerprint density at radius 1 is 1.12 bits per heavy atom. The molecular weight excluding hydrogens is 398 g/mol. The van der Waals surface area contributed by atoms with E-state index in [-0.39, 0.29) is 35.2 Å². The van der Waals surface area contributed by atoms with Gasteiger partial charge in [0.2, 0.25) is 0 Å². The van der Waals surface area contributed by atoms with E-state index in [1.807, 2.05) is 0 Å². The van der Waals surface area contributed by atoms with Crippen LogP contribution in [0.5, 0.6) is 0 Å². The lowest BCUT2D eigenvalue weighted by molar-refractivity contribution is -0.240. The lowest BCUT2D eigenvalue weighted by Gasteiger charge is -2.68. The fraction of sp³-hybridized carbons (Fsp3) is 0.643. The maximum atomic E-state index is 11.7. The Bertz CT molecular complexity index is 1040. The van der Waals surface area contributed by atoms with Gasteiger partial charge in [0.15, 0.2) is 0 Å². The minimum absolute atomic E-state index is 0.0828. The van der Waals surface area contributed by atoms with Crippen LogP contribution in [-0.4, -0.2) is 39.1 Å². The molecule has 174 valence electrons. The van der Waals surface area contributed by atoms with Gasteiger partial charge >= 0.3 is 0 Å². The average Bonchev–Trinajstić information content (AvgIpc) is 3.22. The normalized spacial score (nSPS) is 40.8. The van der Waals surface area contributed by atoms with Gasteiger partial charge in [-0.05, 0) is 61.5 Å². The summed E-state index contributed by atoms with van der Waals surface area (Å²) in [5.41, 5.74) is 4.32. The summed E-state index contributed by atoms with van der Waals surface area (Å²) in [6.07, 6.45) is 5.58. The van der Waals surface area contributed by atoms with Crippen molar-refractivity contribution in [2.75, 3.05) is 6.61 Å². The highest BCUT2D eigenvalue weighted by atomic mass is 16.3. The van der Waals surface area contributed by atoms with Gasteiger partial charge in [0, 0.05) is 46.0 Å². The first-order valence-electron chi connectivity index (χ1n) is 12.5. The van der Waals surface area contributed by atoms with Gasteiger partial charge in [-0.3, -0.25) is 0 Å². The van der Waals surface area contributed by atoms with Crippen LogP contribution in [0.15, 0.2) is 36.0 Å². The number of para-hydroxylation sites is 1. The number of hydrogen-bond donors (Lipinski definition) is 4. The predicted molar refractivity (Wildman–Crippen MR) is 129 cm³/mol. The number of aromatic amines is 1. The largest absolute Gasteiger partial charge is 0.396 e. The Kier molecular flexibility index (Phi) is 5.35. The van der Waals surface area contributed by atoms with Crippen LogP contribution < -0.4 is 0 Å². The molecule has 0 radical (unpaired) electrons. The number of benzene rings is 1. The molecule has 0 bridgehead atoms. The van der Waals surface area contributed by atoms with E-state index in [2.05, 4.69) is 63.1 Å². The fourth-order valence-electron chi connectivity index (χ4n) is 8.27. The van der Waals surface area contributed by atoms with Crippen molar-refractivity contribution >= 4 is 16.5 Å². The second-order valence-electron chi connectivity index (χ2n) is 11.3. The predicted octanol–water partition coefficient (Wildman–Crippen LogP) is 5.14. The summed E-state index contributed by atoms with van der Waals surface area (Å²) in [4.78, 5) is 3.47. The van der Waals surface area contributed by atoms with Crippen molar-refractivity contribution in [2.45, 2.75) is 72.0 Å². The maximum Gasteiger partial charge on any atom is 0.0608 e. The molecule has 4 heteroatoms. The van der Waals surface area contributed by atoms with Gasteiger partial charge in [-0.2, -0.15) is 0 Å². The van der Waals surface area contributed by atoms with E-state index in [0.29, 0.717) is 5.92 Å². The summed E-state index contributed by atoms with van der Waals surface area (Å²) in [7, 11) is 0. The number of nitrogens with one attached hydrogen (secondary N) is 1. The van der Waals surface area contributed by atoms with Gasteiger partial charge in [-0.25, -0.2) is 0 Å². The van der Waals surface area contributed by atoms with E-state index in [0.717, 1.165) is 37.6 Å². The van der Waals surface area contributed by atoms with E-state index >= 15 is 0 Å². The van der Waals surface area contributed by atoms with E-state index in [1.54, 1.807) is 0 Å². The quantitative estimate of drug-likeness (QED) is 0.537. The first-order chi connectivity index (χ1) is 15.3. The van der Waals surface area contributed by atoms with Crippen molar-refractivity contribution in [3.05, 3.63) is 41.6 Å². The number of aromatic nitrogens is 1. The van der Waals surface area contributed by atoms with Gasteiger partial charge in [0.1, 0.15) is 0 Å². The SMILES string of the molecule is C[C@H](CO)C1=C(c2c[nH]c3ccccc23)[C@@H]2[C@H](C)C[C@@H](O)[C@@]3(C)[C@H](C)CC[C@H](O)C23CC1. The first-order valence-corrected chi connectivity index (χ1v) is 12.5. The minimum atomic E-state index is -0.419. The highest BCUT2D eigenvalue weighted by Crippen LogP contribution is 2.71. The number of fused-ring (bicyclic) bond motifs is 1. The van der Waals surface area contributed by atoms with Crippen LogP contribution in [0.1, 0.15) is 65.4 Å². The Hall–Kier alpha value is -1.62. The average molecular weight is 438 g/mol. The zero-order chi connectivity index (χ0) is 22.8. The highest BCUT2D eigenvalue weighted by molar-refractivity contribution is 5.94. The molecule has 0 amide bonds. The summed E-state index contributed by atoms with van der Waals surface area (Å²) in [5.74, 6) is 0.852. The maximum absolute atomic E-state index is 11.7. The van der Waals surface area contributed by atoms with Gasteiger partial charge in [-0.1, -0.05) is 51.5 Å². The van der Waals surface area contributed by atoms with E-state index in [9.17, 15) is 15.3 Å². The fourth-order valence-corrected chi connectivity index (χ4v) is 8.27. The van der Waals surface area contributed by atoms with E-state index in [4.69, 9.17) is 0 Å². The molecule has 1 spiro atoms. The highest BCUT2D eigenvalue weighted by Gasteiger charge is 2.68. The van der Waals surface area contributed by atoms with Gasteiger partial charge < -0.3 is 20.3 Å². The summed E-state index contributed by atoms with van der Waals surface area (Å²) in [6.45, 7) is 9.07. The lowest BCUT2D eigenvalue weighted by Crippen LogP contribution is -2.68. The number of allylic oxidation sites excluding steroid dienone is 1. The molecule has 2 aromatic rings. The third kappa shape index (κ3) is 2.72. The van der Waals surface area contributed by atoms with E-state index < -0.39 is 12.2 Å². The Balaban J connectivity index is 1.81. The molecule has 4 nitrogen and oxygen atoms in total. The second kappa shape index (κ2) is 7.72. The Labute approximate surface area is 191 Å². The van der Waals surface area contributed by atoms with Crippen molar-refractivity contribution in [1.29, 1.82) is 0 Å². The van der Waals surface area contributed by atoms with Crippen molar-refractivity contribution in [3.63, 3.8) is 0 Å². The Morgan fingerprint density at radius 3 is 2.62 bits per heavy atom. The number of rotatable bonds is 3. The molecule has 2 fully saturated rings. The lowest BCUT2D eigenvalue weighted by atomic mass is 9.37. The van der Waals surface area contributed by atoms with Crippen LogP contribution in [0, 0.1) is 34.5 Å². The molecule has 5 rings (SSSR count). The summed E-state index contributed by atoms with van der Waals surface area (Å²) >= 11 is 0. The number of H-pyrrole nitrogens is 1. The third-order valence-corrected chi connectivity index (χ3v) is 10.1. The molecule has 2 saturated carbocycles. The van der Waals surface area contributed by atoms with Crippen LogP contribution >= 0.6 is 0 Å². The number of aliphatic hydroxyl groups excluding tert-OH is 3. The minimum Gasteiger partial charge on any atom is -0.396 e. The standard InChI is InChI=1S/C28H39NO3/c1-16-13-24(32)27(4)18(3)9-10-23(31)28(27)12-11-19(17(2)15-30)25(26(16)28)21-14-29-22-8-6-5-7-20(21)22/h5-8,14,16-18,23-24,26,29-32H,9-13,15H2,1-4H3/t16-,17-,18-,23+,24-,26+,27-,28?/m1/s1. The summed E-state index contributed by atoms with van der Waals surface area (Å²) < 4.78 is 0. The molecule has 3 aliphatic rings. The van der Waals surface area contributed by atoms with Gasteiger partial charge in [-0.15, -0.1) is 0 Å². The monoisotopic (exact) mass is 437 g/mol. The molecule has 1 heterocycles. The molecule has 0 aliphatic heterocycles. The molecule has 1 unspecified atom stereocenters. The molecule has 1 aromatic carbocycles. The Morgan fingerprint density at radius 2 is 1.88 bits per heavy atom. The number of aliphatic hydroxyl groups is 3. The molecular formula is C28H39NO3. The topological polar surface area (TPSA) is 76.5 Å². The summed E-state index contributed by atoms with van der Waals surface area (Å²) in [5, 5.41) is 34.6. The zero-order valence-corrected chi connectivity index (χ0v) is 19.9. The van der Waals surface area contributed by atoms with Crippen molar-refractivity contribution in [2.24, 2.45) is 34.5 Å². The van der Waals surface area contributed by atoms with Crippen LogP contribution in [0.3, 0.4) is 0 Å². The molecule has 4 N–H and O–H groups in total. The third-order valence-electron chi connectivity index (χ3n) is 10.1. The molecule has 32 heavy (non-hydrogen) atoms. The van der Waals surface area contributed by atoms with Crippen molar-refractivity contribution < 1.29 is 15.3 Å². The first kappa shape index (κ1) is 22.2. The van der Waals surface area contributed by atoms with Crippen molar-refractivity contribution in [3.8, 4) is 0 Å². The van der Waals surface area contributed by atoms with Crippen molar-refractivity contribution in [1.82, 2.24) is 4.98 Å². The van der Waals surface area contributed by atoms with Crippen LogP contribution in [0.25, 0.3) is 16.5 Å². The van der Waals surface area contributed by atoms with E-state index in [1.165, 1.54) is 22.1 Å². The van der Waals surface area contributed by atoms with Crippen LogP contribution in [-0.2, 0) is 0 Å². The molecule has 1 aromatic heterocycles.